The molecule has 5 fully saturated rings. The van der Waals surface area contributed by atoms with Crippen molar-refractivity contribution < 1.29 is 28.7 Å². The number of fused-ring (bicyclic) bond motifs is 2. The largest absolute Gasteiger partial charge is 0.489 e. The molecule has 1 spiro atoms. The van der Waals surface area contributed by atoms with Crippen molar-refractivity contribution in [1.29, 1.82) is 5.26 Å². The topological polar surface area (TPSA) is 143 Å². The minimum atomic E-state index is -0.974. The number of anilines is 1. The fourth-order valence-corrected chi connectivity index (χ4v) is 12.3. The van der Waals surface area contributed by atoms with Crippen LogP contribution in [0.2, 0.25) is 5.02 Å². The molecule has 5 heterocycles. The third-order valence-electron chi connectivity index (χ3n) is 14.7. The number of nitrogens with one attached hydrogen (secondary N) is 1. The summed E-state index contributed by atoms with van der Waals surface area (Å²) in [6, 6.07) is 17.9. The highest BCUT2D eigenvalue weighted by atomic mass is 35.5. The van der Waals surface area contributed by atoms with Crippen LogP contribution in [0.5, 0.6) is 5.75 Å². The molecule has 0 aromatic heterocycles. The first-order chi connectivity index (χ1) is 29.1. The van der Waals surface area contributed by atoms with Gasteiger partial charge in [0.15, 0.2) is 0 Å². The van der Waals surface area contributed by atoms with Crippen molar-refractivity contribution in [2.24, 2.45) is 22.2 Å². The number of imide groups is 2. The van der Waals surface area contributed by atoms with Crippen molar-refractivity contribution in [3.63, 3.8) is 0 Å². The van der Waals surface area contributed by atoms with Gasteiger partial charge in [-0.3, -0.25) is 39.1 Å². The van der Waals surface area contributed by atoms with Gasteiger partial charge in [-0.25, -0.2) is 0 Å². The second kappa shape index (κ2) is 13.9. The lowest BCUT2D eigenvalue weighted by atomic mass is 9.49. The standard InChI is InChI=1S/C48H47ClN6O6/c1-46(2)44(47(3,4)45(46)61-33-10-8-29(22-50)37(49)19-33)54-23-30-17-27(7-11-34(30)41(54)58)5-6-28-20-48(21-28)15-16-52(26-48)32-24-53(25-32)31-9-12-35-36(18-31)43(60)55(42(35)59)38-13-14-39(56)51-40(38)57/h7-12,17-19,28,32,38,44-45H,13-16,20-21,23-26H2,1-4H3,(H,51,56,57). The van der Waals surface area contributed by atoms with E-state index >= 15 is 0 Å². The second-order valence-corrected chi connectivity index (χ2v) is 19.8. The molecule has 2 saturated carbocycles. The Kier molecular flexibility index (Phi) is 9.00. The zero-order valence-corrected chi connectivity index (χ0v) is 35.5. The number of amides is 5. The van der Waals surface area contributed by atoms with Gasteiger partial charge in [-0.2, -0.15) is 5.26 Å². The van der Waals surface area contributed by atoms with Gasteiger partial charge in [-0.15, -0.1) is 0 Å². The number of ether oxygens (including phenoxy) is 1. The Hall–Kier alpha value is -5.69. The van der Waals surface area contributed by atoms with E-state index < -0.39 is 29.7 Å². The van der Waals surface area contributed by atoms with E-state index in [9.17, 15) is 29.2 Å². The van der Waals surface area contributed by atoms with Crippen LogP contribution in [0, 0.1) is 45.3 Å². The molecule has 3 aromatic carbocycles. The molecule has 5 amide bonds. The SMILES string of the molecule is CC1(C)C(Oc2ccc(C#N)c(Cl)c2)C(C)(C)C1N1Cc2cc(C#CC3CC4(CCN(C5CN(c6ccc7c(c6)C(=O)N(C6CCC(=O)NC6=O)C7=O)C5)C4)C3)ccc2C1=O. The summed E-state index contributed by atoms with van der Waals surface area (Å²) in [7, 11) is 0. The lowest BCUT2D eigenvalue weighted by molar-refractivity contribution is -0.199. The maximum atomic E-state index is 13.8. The Morgan fingerprint density at radius 1 is 0.869 bits per heavy atom. The van der Waals surface area contributed by atoms with Crippen molar-refractivity contribution in [3.8, 4) is 23.7 Å². The molecule has 1 atom stereocenters. The van der Waals surface area contributed by atoms with E-state index in [4.69, 9.17) is 16.3 Å². The van der Waals surface area contributed by atoms with Crippen molar-refractivity contribution in [3.05, 3.63) is 93.0 Å². The average Bonchev–Trinajstić information content (AvgIpc) is 3.83. The summed E-state index contributed by atoms with van der Waals surface area (Å²) >= 11 is 6.30. The Balaban J connectivity index is 0.721. The third-order valence-corrected chi connectivity index (χ3v) is 15.1. The Bertz CT molecular complexity index is 2560. The van der Waals surface area contributed by atoms with E-state index in [0.29, 0.717) is 51.4 Å². The summed E-state index contributed by atoms with van der Waals surface area (Å²) < 4.78 is 6.49. The number of halogens is 1. The number of hydrogen-bond acceptors (Lipinski definition) is 9. The minimum Gasteiger partial charge on any atom is -0.489 e. The predicted molar refractivity (Wildman–Crippen MR) is 226 cm³/mol. The first-order valence-corrected chi connectivity index (χ1v) is 21.6. The number of piperidine rings is 1. The number of hydrogen-bond donors (Lipinski definition) is 1. The predicted octanol–water partition coefficient (Wildman–Crippen LogP) is 5.79. The third kappa shape index (κ3) is 6.24. The van der Waals surface area contributed by atoms with Crippen LogP contribution in [-0.2, 0) is 16.1 Å². The smallest absolute Gasteiger partial charge is 0.262 e. The van der Waals surface area contributed by atoms with Gasteiger partial charge in [0.05, 0.1) is 21.7 Å². The van der Waals surface area contributed by atoms with Crippen LogP contribution < -0.4 is 15.0 Å². The van der Waals surface area contributed by atoms with Crippen LogP contribution in [0.25, 0.3) is 0 Å². The molecule has 0 radical (unpaired) electrons. The van der Waals surface area contributed by atoms with E-state index in [-0.39, 0.29) is 41.7 Å². The summed E-state index contributed by atoms with van der Waals surface area (Å²) in [5.74, 6) is 6.02. The van der Waals surface area contributed by atoms with Crippen LogP contribution in [-0.4, -0.2) is 94.6 Å². The molecule has 5 aliphatic heterocycles. The first kappa shape index (κ1) is 39.4. The molecule has 3 saturated heterocycles. The molecule has 0 bridgehead atoms. The van der Waals surface area contributed by atoms with Gasteiger partial charge in [0, 0.05) is 84.3 Å². The number of carbonyl (C=O) groups is 5. The summed E-state index contributed by atoms with van der Waals surface area (Å²) in [6.07, 6.45) is 3.38. The van der Waals surface area contributed by atoms with E-state index in [1.54, 1.807) is 30.3 Å². The molecule has 1 unspecified atom stereocenters. The molecule has 12 nitrogen and oxygen atoms in total. The van der Waals surface area contributed by atoms with Gasteiger partial charge in [0.1, 0.15) is 24.0 Å². The summed E-state index contributed by atoms with van der Waals surface area (Å²) in [4.78, 5) is 72.3. The van der Waals surface area contributed by atoms with E-state index in [0.717, 1.165) is 72.7 Å². The van der Waals surface area contributed by atoms with Crippen LogP contribution in [0.3, 0.4) is 0 Å². The van der Waals surface area contributed by atoms with Crippen molar-refractivity contribution in [1.82, 2.24) is 20.0 Å². The van der Waals surface area contributed by atoms with Gasteiger partial charge in [0.25, 0.3) is 17.7 Å². The fourth-order valence-electron chi connectivity index (χ4n) is 12.1. The fraction of sp³-hybridized carbons (Fsp3) is 0.458. The van der Waals surface area contributed by atoms with Crippen molar-refractivity contribution in [2.45, 2.75) is 90.6 Å². The first-order valence-electron chi connectivity index (χ1n) is 21.2. The zero-order valence-electron chi connectivity index (χ0n) is 34.7. The van der Waals surface area contributed by atoms with E-state index in [1.165, 1.54) is 0 Å². The Morgan fingerprint density at radius 2 is 1.61 bits per heavy atom. The average molecular weight is 839 g/mol. The van der Waals surface area contributed by atoms with Gasteiger partial charge >= 0.3 is 0 Å². The molecule has 312 valence electrons. The Labute approximate surface area is 360 Å². The highest BCUT2D eigenvalue weighted by molar-refractivity contribution is 6.31. The molecule has 61 heavy (non-hydrogen) atoms. The second-order valence-electron chi connectivity index (χ2n) is 19.4. The van der Waals surface area contributed by atoms with Gasteiger partial charge in [-0.05, 0) is 91.7 Å². The molecule has 2 aliphatic carbocycles. The Morgan fingerprint density at radius 3 is 2.33 bits per heavy atom. The molecule has 3 aromatic rings. The zero-order chi connectivity index (χ0) is 42.7. The van der Waals surface area contributed by atoms with Crippen molar-refractivity contribution >= 4 is 46.8 Å². The normalized spacial score (nSPS) is 26.2. The van der Waals surface area contributed by atoms with Gasteiger partial charge in [0.2, 0.25) is 11.8 Å². The van der Waals surface area contributed by atoms with Gasteiger partial charge < -0.3 is 14.5 Å². The number of rotatable bonds is 6. The minimum absolute atomic E-state index is 0.0408. The molecule has 10 rings (SSSR count). The lowest BCUT2D eigenvalue weighted by Crippen LogP contribution is -2.74. The summed E-state index contributed by atoms with van der Waals surface area (Å²) in [5, 5.41) is 11.9. The van der Waals surface area contributed by atoms with Gasteiger partial charge in [-0.1, -0.05) is 51.1 Å². The quantitative estimate of drug-likeness (QED) is 0.241. The molecule has 13 heteroatoms. The number of benzene rings is 3. The number of nitrogens with zero attached hydrogens (tertiary/aromatic N) is 5. The molecular weight excluding hydrogens is 792 g/mol. The molecule has 7 aliphatic rings. The highest BCUT2D eigenvalue weighted by Gasteiger charge is 2.67. The maximum Gasteiger partial charge on any atom is 0.262 e. The van der Waals surface area contributed by atoms with Crippen molar-refractivity contribution in [2.75, 3.05) is 31.1 Å². The maximum absolute atomic E-state index is 13.8. The number of nitriles is 1. The van der Waals surface area contributed by atoms with Crippen LogP contribution in [0.15, 0.2) is 54.6 Å². The van der Waals surface area contributed by atoms with E-state index in [2.05, 4.69) is 66.8 Å². The lowest BCUT2D eigenvalue weighted by Gasteiger charge is -2.65. The molecule has 1 N–H and O–H groups in total. The summed E-state index contributed by atoms with van der Waals surface area (Å²) in [6.45, 7) is 12.9. The van der Waals surface area contributed by atoms with Crippen LogP contribution in [0.4, 0.5) is 5.69 Å². The monoisotopic (exact) mass is 838 g/mol. The number of likely N-dealkylation sites (tertiary alicyclic amines) is 1. The van der Waals surface area contributed by atoms with Crippen LogP contribution in [0.1, 0.15) is 108 Å². The number of carbonyl (C=O) groups excluding carboxylic acids is 5. The van der Waals surface area contributed by atoms with E-state index in [1.807, 2.05) is 23.1 Å². The summed E-state index contributed by atoms with van der Waals surface area (Å²) in [5.41, 5.74) is 4.19. The molecular formula is C48H47ClN6O6. The van der Waals surface area contributed by atoms with Crippen LogP contribution >= 0.6 is 11.6 Å². The highest BCUT2D eigenvalue weighted by Crippen LogP contribution is 2.59.